The Balaban J connectivity index is 2.18. The monoisotopic (exact) mass is 297 g/mol. The summed E-state index contributed by atoms with van der Waals surface area (Å²) in [6.45, 7) is 4.86. The van der Waals surface area contributed by atoms with E-state index in [1.54, 1.807) is 11.8 Å². The first-order valence-electron chi connectivity index (χ1n) is 6.79. The summed E-state index contributed by atoms with van der Waals surface area (Å²) in [7, 11) is 0. The molecule has 5 heteroatoms. The van der Waals surface area contributed by atoms with E-state index in [0.717, 1.165) is 34.8 Å². The van der Waals surface area contributed by atoms with Crippen molar-refractivity contribution in [3.8, 4) is 5.75 Å². The van der Waals surface area contributed by atoms with Gasteiger partial charge in [-0.25, -0.2) is 0 Å². The van der Waals surface area contributed by atoms with Crippen molar-refractivity contribution in [2.24, 2.45) is 0 Å². The quantitative estimate of drug-likeness (QED) is 0.684. The minimum Gasteiger partial charge on any atom is -0.483 e. The summed E-state index contributed by atoms with van der Waals surface area (Å²) < 4.78 is 5.52. The molecular formula is C15H23NO3S. The van der Waals surface area contributed by atoms with Gasteiger partial charge in [0.1, 0.15) is 5.75 Å². The van der Waals surface area contributed by atoms with Gasteiger partial charge in [0, 0.05) is 18.9 Å². The molecule has 1 aromatic carbocycles. The van der Waals surface area contributed by atoms with Gasteiger partial charge in [0.15, 0.2) is 6.61 Å². The second kappa shape index (κ2) is 9.66. The molecule has 0 fully saturated rings. The third-order valence-electron chi connectivity index (χ3n) is 2.72. The predicted molar refractivity (Wildman–Crippen MR) is 83.4 cm³/mol. The number of hydrogen-bond donors (Lipinski definition) is 2. The van der Waals surface area contributed by atoms with Crippen molar-refractivity contribution >= 4 is 17.7 Å². The van der Waals surface area contributed by atoms with Gasteiger partial charge < -0.3 is 15.2 Å². The Hall–Kier alpha value is -1.20. The van der Waals surface area contributed by atoms with Crippen LogP contribution in [0, 0.1) is 13.8 Å². The molecule has 0 saturated carbocycles. The van der Waals surface area contributed by atoms with Crippen molar-refractivity contribution in [3.05, 3.63) is 29.3 Å². The molecule has 2 N–H and O–H groups in total. The van der Waals surface area contributed by atoms with E-state index < -0.39 is 0 Å². The molecular weight excluding hydrogens is 274 g/mol. The number of rotatable bonds is 9. The number of aryl methyl sites for hydroxylation is 2. The van der Waals surface area contributed by atoms with Crippen LogP contribution in [0.15, 0.2) is 18.2 Å². The summed E-state index contributed by atoms with van der Waals surface area (Å²) in [5.41, 5.74) is 2.15. The molecule has 0 aliphatic rings. The summed E-state index contributed by atoms with van der Waals surface area (Å²) in [5, 5.41) is 11.4. The number of aliphatic hydroxyl groups is 1. The number of hydrogen-bond acceptors (Lipinski definition) is 4. The van der Waals surface area contributed by atoms with Crippen LogP contribution in [0.25, 0.3) is 0 Å². The Morgan fingerprint density at radius 1 is 1.35 bits per heavy atom. The predicted octanol–water partition coefficient (Wildman–Crippen LogP) is 1.91. The highest BCUT2D eigenvalue weighted by atomic mass is 32.2. The first-order valence-corrected chi connectivity index (χ1v) is 7.94. The fraction of sp³-hybridized carbons (Fsp3) is 0.533. The normalized spacial score (nSPS) is 10.3. The zero-order chi connectivity index (χ0) is 14.8. The van der Waals surface area contributed by atoms with Gasteiger partial charge in [-0.15, -0.1) is 0 Å². The first kappa shape index (κ1) is 16.9. The second-order valence-electron chi connectivity index (χ2n) is 4.60. The van der Waals surface area contributed by atoms with Crippen molar-refractivity contribution in [3.63, 3.8) is 0 Å². The van der Waals surface area contributed by atoms with E-state index in [-0.39, 0.29) is 19.1 Å². The van der Waals surface area contributed by atoms with E-state index in [1.165, 1.54) is 0 Å². The highest BCUT2D eigenvalue weighted by Gasteiger charge is 2.04. The Labute approximate surface area is 124 Å². The van der Waals surface area contributed by atoms with Crippen LogP contribution in [-0.4, -0.2) is 42.3 Å². The van der Waals surface area contributed by atoms with Crippen molar-refractivity contribution < 1.29 is 14.6 Å². The SMILES string of the molecule is Cc1ccc(C)c(OCC(=O)NCCSCCCO)c1. The number of nitrogens with one attached hydrogen (secondary N) is 1. The molecule has 1 aromatic rings. The van der Waals surface area contributed by atoms with E-state index in [2.05, 4.69) is 5.32 Å². The maximum Gasteiger partial charge on any atom is 0.257 e. The molecule has 0 saturated heterocycles. The number of ether oxygens (including phenoxy) is 1. The van der Waals surface area contributed by atoms with Crippen LogP contribution >= 0.6 is 11.8 Å². The molecule has 0 aromatic heterocycles. The third kappa shape index (κ3) is 6.82. The zero-order valence-electron chi connectivity index (χ0n) is 12.1. The molecule has 0 aliphatic carbocycles. The summed E-state index contributed by atoms with van der Waals surface area (Å²) >= 11 is 1.72. The average molecular weight is 297 g/mol. The molecule has 0 radical (unpaired) electrons. The molecule has 0 heterocycles. The maximum absolute atomic E-state index is 11.6. The van der Waals surface area contributed by atoms with Crippen LogP contribution in [0.1, 0.15) is 17.5 Å². The number of amides is 1. The molecule has 112 valence electrons. The summed E-state index contributed by atoms with van der Waals surface area (Å²) in [6, 6.07) is 5.94. The minimum atomic E-state index is -0.103. The minimum absolute atomic E-state index is 0.0472. The average Bonchev–Trinajstić information content (AvgIpc) is 2.43. The molecule has 1 rings (SSSR count). The molecule has 4 nitrogen and oxygen atoms in total. The van der Waals surface area contributed by atoms with Crippen LogP contribution in [0.2, 0.25) is 0 Å². The lowest BCUT2D eigenvalue weighted by atomic mass is 10.1. The van der Waals surface area contributed by atoms with Crippen LogP contribution in [0.3, 0.4) is 0 Å². The molecule has 20 heavy (non-hydrogen) atoms. The summed E-state index contributed by atoms with van der Waals surface area (Å²) in [5.74, 6) is 2.44. The lowest BCUT2D eigenvalue weighted by molar-refractivity contribution is -0.122. The Morgan fingerprint density at radius 2 is 2.15 bits per heavy atom. The van der Waals surface area contributed by atoms with Crippen LogP contribution < -0.4 is 10.1 Å². The molecule has 0 spiro atoms. The summed E-state index contributed by atoms with van der Waals surface area (Å²) in [6.07, 6.45) is 0.800. The van der Waals surface area contributed by atoms with Gasteiger partial charge in [-0.2, -0.15) is 11.8 Å². The van der Waals surface area contributed by atoms with Gasteiger partial charge >= 0.3 is 0 Å². The lowest BCUT2D eigenvalue weighted by Gasteiger charge is -2.10. The Bertz CT molecular complexity index is 424. The Morgan fingerprint density at radius 3 is 2.90 bits per heavy atom. The van der Waals surface area contributed by atoms with Crippen molar-refractivity contribution in [2.75, 3.05) is 31.3 Å². The van der Waals surface area contributed by atoms with E-state index in [0.29, 0.717) is 6.54 Å². The molecule has 0 unspecified atom stereocenters. The number of carbonyl (C=O) groups excluding carboxylic acids is 1. The molecule has 0 atom stereocenters. The van der Waals surface area contributed by atoms with E-state index in [4.69, 9.17) is 9.84 Å². The van der Waals surface area contributed by atoms with Gasteiger partial charge in [0.25, 0.3) is 5.91 Å². The topological polar surface area (TPSA) is 58.6 Å². The summed E-state index contributed by atoms with van der Waals surface area (Å²) in [4.78, 5) is 11.6. The standard InChI is InChI=1S/C15H23NO3S/c1-12-4-5-13(2)14(10-12)19-11-15(18)16-6-9-20-8-3-7-17/h4-5,10,17H,3,6-9,11H2,1-2H3,(H,16,18). The van der Waals surface area contributed by atoms with Gasteiger partial charge in [-0.05, 0) is 43.2 Å². The first-order chi connectivity index (χ1) is 9.63. The largest absolute Gasteiger partial charge is 0.483 e. The van der Waals surface area contributed by atoms with Crippen molar-refractivity contribution in [1.82, 2.24) is 5.32 Å². The van der Waals surface area contributed by atoms with E-state index in [9.17, 15) is 4.79 Å². The number of aliphatic hydroxyl groups excluding tert-OH is 1. The highest BCUT2D eigenvalue weighted by Crippen LogP contribution is 2.18. The number of carbonyl (C=O) groups is 1. The van der Waals surface area contributed by atoms with Gasteiger partial charge in [-0.1, -0.05) is 12.1 Å². The highest BCUT2D eigenvalue weighted by molar-refractivity contribution is 7.99. The molecule has 0 bridgehead atoms. The van der Waals surface area contributed by atoms with Gasteiger partial charge in [0.05, 0.1) is 0 Å². The number of benzene rings is 1. The van der Waals surface area contributed by atoms with E-state index >= 15 is 0 Å². The zero-order valence-corrected chi connectivity index (χ0v) is 13.0. The van der Waals surface area contributed by atoms with Gasteiger partial charge in [0.2, 0.25) is 0 Å². The second-order valence-corrected chi connectivity index (χ2v) is 5.82. The fourth-order valence-corrected chi connectivity index (χ4v) is 2.37. The van der Waals surface area contributed by atoms with Crippen LogP contribution in [0.4, 0.5) is 0 Å². The number of thioether (sulfide) groups is 1. The van der Waals surface area contributed by atoms with Crippen molar-refractivity contribution in [2.45, 2.75) is 20.3 Å². The molecule has 0 aliphatic heterocycles. The Kier molecular flexibility index (Phi) is 8.14. The van der Waals surface area contributed by atoms with Crippen molar-refractivity contribution in [1.29, 1.82) is 0 Å². The smallest absolute Gasteiger partial charge is 0.257 e. The molecule has 1 amide bonds. The van der Waals surface area contributed by atoms with Crippen LogP contribution in [0.5, 0.6) is 5.75 Å². The maximum atomic E-state index is 11.6. The van der Waals surface area contributed by atoms with Gasteiger partial charge in [-0.3, -0.25) is 4.79 Å². The van der Waals surface area contributed by atoms with E-state index in [1.807, 2.05) is 32.0 Å². The van der Waals surface area contributed by atoms with Crippen LogP contribution in [-0.2, 0) is 4.79 Å². The fourth-order valence-electron chi connectivity index (χ4n) is 1.59. The lowest BCUT2D eigenvalue weighted by Crippen LogP contribution is -2.30. The third-order valence-corrected chi connectivity index (χ3v) is 3.79.